The van der Waals surface area contributed by atoms with Crippen molar-refractivity contribution < 1.29 is 4.79 Å². The first-order chi connectivity index (χ1) is 13.5. The molecule has 0 aliphatic rings. The van der Waals surface area contributed by atoms with Gasteiger partial charge in [-0.25, -0.2) is 4.98 Å². The molecule has 0 saturated carbocycles. The highest BCUT2D eigenvalue weighted by molar-refractivity contribution is 6.31. The van der Waals surface area contributed by atoms with Crippen LogP contribution in [0.4, 0.5) is 0 Å². The van der Waals surface area contributed by atoms with Crippen LogP contribution in [0.3, 0.4) is 0 Å². The van der Waals surface area contributed by atoms with Gasteiger partial charge < -0.3 is 10.3 Å². The molecule has 6 nitrogen and oxygen atoms in total. The molecular weight excluding hydrogens is 376 g/mol. The van der Waals surface area contributed by atoms with E-state index in [1.54, 1.807) is 18.2 Å². The molecule has 28 heavy (non-hydrogen) atoms. The van der Waals surface area contributed by atoms with Gasteiger partial charge in [-0.15, -0.1) is 0 Å². The van der Waals surface area contributed by atoms with Gasteiger partial charge in [-0.05, 0) is 37.2 Å². The van der Waals surface area contributed by atoms with Crippen molar-refractivity contribution in [3.63, 3.8) is 0 Å². The summed E-state index contributed by atoms with van der Waals surface area (Å²) in [5.74, 6) is 0.426. The van der Waals surface area contributed by atoms with Gasteiger partial charge in [-0.2, -0.15) is 0 Å². The largest absolute Gasteiger partial charge is 0.348 e. The van der Waals surface area contributed by atoms with Crippen LogP contribution < -0.4 is 10.9 Å². The molecule has 0 unspecified atom stereocenters. The zero-order chi connectivity index (χ0) is 20.1. The zero-order valence-corrected chi connectivity index (χ0v) is 16.7. The van der Waals surface area contributed by atoms with Gasteiger partial charge in [0.2, 0.25) is 5.91 Å². The Morgan fingerprint density at radius 1 is 1.25 bits per heavy atom. The van der Waals surface area contributed by atoms with Crippen LogP contribution in [0, 0.1) is 0 Å². The summed E-state index contributed by atoms with van der Waals surface area (Å²) in [5.41, 5.74) is 1.38. The van der Waals surface area contributed by atoms with E-state index < -0.39 is 0 Å². The normalized spacial score (nSPS) is 12.3. The van der Waals surface area contributed by atoms with Crippen LogP contribution in [-0.4, -0.2) is 33.9 Å². The second kappa shape index (κ2) is 8.99. The molecule has 1 aromatic heterocycles. The lowest BCUT2D eigenvalue weighted by Gasteiger charge is -2.21. The Hall–Kier alpha value is -2.70. The lowest BCUT2D eigenvalue weighted by atomic mass is 10.1. The number of H-pyrrole nitrogens is 1. The maximum atomic E-state index is 12.4. The third-order valence-corrected chi connectivity index (χ3v) is 4.82. The van der Waals surface area contributed by atoms with Gasteiger partial charge in [0.15, 0.2) is 0 Å². The first-order valence-corrected chi connectivity index (χ1v) is 9.59. The summed E-state index contributed by atoms with van der Waals surface area (Å²) in [6, 6.07) is 14.7. The number of carbonyl (C=O) groups is 1. The molecule has 2 aromatic carbocycles. The molecule has 7 heteroatoms. The number of hydrogen-bond acceptors (Lipinski definition) is 4. The number of amides is 1. The summed E-state index contributed by atoms with van der Waals surface area (Å²) in [5, 5.41) is 4.02. The quantitative estimate of drug-likeness (QED) is 0.640. The molecule has 3 rings (SSSR count). The average molecular weight is 399 g/mol. The second-order valence-corrected chi connectivity index (χ2v) is 7.11. The highest BCUT2D eigenvalue weighted by Crippen LogP contribution is 2.15. The summed E-state index contributed by atoms with van der Waals surface area (Å²) in [6.07, 6.45) is 0. The number of carbonyl (C=O) groups excluding carboxylic acids is 1. The molecule has 1 amide bonds. The van der Waals surface area contributed by atoms with Crippen LogP contribution in [0.2, 0.25) is 5.02 Å². The highest BCUT2D eigenvalue weighted by Gasteiger charge is 2.15. The molecule has 0 saturated heterocycles. The fraction of sp³-hybridized carbons (Fsp3) is 0.286. The van der Waals surface area contributed by atoms with E-state index in [9.17, 15) is 9.59 Å². The average Bonchev–Trinajstić information content (AvgIpc) is 2.67. The number of aromatic amines is 1. The SMILES string of the molecule is CCN(CC(=O)N[C@H](C)c1ccccc1)Cc1nc2cc(Cl)ccc2c(=O)[nH]1. The van der Waals surface area contributed by atoms with Crippen LogP contribution in [0.1, 0.15) is 31.3 Å². The fourth-order valence-corrected chi connectivity index (χ4v) is 3.21. The Bertz CT molecular complexity index is 1020. The van der Waals surface area contributed by atoms with E-state index in [-0.39, 0.29) is 24.1 Å². The molecule has 0 aliphatic heterocycles. The molecule has 146 valence electrons. The van der Waals surface area contributed by atoms with E-state index in [4.69, 9.17) is 11.6 Å². The molecular formula is C21H23ClN4O2. The van der Waals surface area contributed by atoms with Crippen molar-refractivity contribution in [1.29, 1.82) is 0 Å². The van der Waals surface area contributed by atoms with Crippen LogP contribution in [0.25, 0.3) is 10.9 Å². The predicted octanol–water partition coefficient (Wildman–Crippen LogP) is 3.28. The Kier molecular flexibility index (Phi) is 6.44. The van der Waals surface area contributed by atoms with Crippen molar-refractivity contribution in [2.75, 3.05) is 13.1 Å². The van der Waals surface area contributed by atoms with Crippen molar-refractivity contribution in [2.45, 2.75) is 26.4 Å². The van der Waals surface area contributed by atoms with Crippen molar-refractivity contribution in [2.24, 2.45) is 0 Å². The summed E-state index contributed by atoms with van der Waals surface area (Å²) < 4.78 is 0. The van der Waals surface area contributed by atoms with Crippen molar-refractivity contribution in [3.8, 4) is 0 Å². The number of halogens is 1. The lowest BCUT2D eigenvalue weighted by molar-refractivity contribution is -0.123. The third kappa shape index (κ3) is 4.97. The molecule has 3 aromatic rings. The predicted molar refractivity (Wildman–Crippen MR) is 111 cm³/mol. The highest BCUT2D eigenvalue weighted by atomic mass is 35.5. The van der Waals surface area contributed by atoms with Crippen LogP contribution >= 0.6 is 11.6 Å². The maximum absolute atomic E-state index is 12.4. The van der Waals surface area contributed by atoms with Gasteiger partial charge in [0.1, 0.15) is 5.82 Å². The van der Waals surface area contributed by atoms with Crippen molar-refractivity contribution >= 4 is 28.4 Å². The van der Waals surface area contributed by atoms with Crippen molar-refractivity contribution in [3.05, 3.63) is 75.3 Å². The standard InChI is InChI=1S/C21H23ClN4O2/c1-3-26(13-20(27)23-14(2)15-7-5-4-6-8-15)12-19-24-18-11-16(22)9-10-17(18)21(28)25-19/h4-11,14H,3,12-13H2,1-2H3,(H,23,27)(H,24,25,28)/t14-/m1/s1. The molecule has 2 N–H and O–H groups in total. The Morgan fingerprint density at radius 2 is 2.00 bits per heavy atom. The monoisotopic (exact) mass is 398 g/mol. The number of nitrogens with zero attached hydrogens (tertiary/aromatic N) is 2. The van der Waals surface area contributed by atoms with Crippen LogP contribution in [-0.2, 0) is 11.3 Å². The summed E-state index contributed by atoms with van der Waals surface area (Å²) >= 11 is 6.01. The van der Waals surface area contributed by atoms with Crippen LogP contribution in [0.5, 0.6) is 0 Å². The lowest BCUT2D eigenvalue weighted by Crippen LogP contribution is -2.38. The van der Waals surface area contributed by atoms with Gasteiger partial charge in [-0.3, -0.25) is 14.5 Å². The summed E-state index contributed by atoms with van der Waals surface area (Å²) in [4.78, 5) is 33.9. The van der Waals surface area contributed by atoms with Crippen LogP contribution in [0.15, 0.2) is 53.3 Å². The molecule has 0 radical (unpaired) electrons. The maximum Gasteiger partial charge on any atom is 0.258 e. The molecule has 1 heterocycles. The van der Waals surface area contributed by atoms with Crippen molar-refractivity contribution in [1.82, 2.24) is 20.2 Å². The minimum Gasteiger partial charge on any atom is -0.348 e. The third-order valence-electron chi connectivity index (χ3n) is 4.58. The summed E-state index contributed by atoms with van der Waals surface area (Å²) in [7, 11) is 0. The number of likely N-dealkylation sites (N-methyl/N-ethyl adjacent to an activating group) is 1. The minimum absolute atomic E-state index is 0.0758. The van der Waals surface area contributed by atoms with Gasteiger partial charge in [-0.1, -0.05) is 48.9 Å². The zero-order valence-electron chi connectivity index (χ0n) is 15.9. The second-order valence-electron chi connectivity index (χ2n) is 6.68. The number of fused-ring (bicyclic) bond motifs is 1. The summed E-state index contributed by atoms with van der Waals surface area (Å²) in [6.45, 7) is 5.14. The molecule has 0 bridgehead atoms. The Labute approximate surface area is 168 Å². The van der Waals surface area contributed by atoms with Gasteiger partial charge in [0.25, 0.3) is 5.56 Å². The van der Waals surface area contributed by atoms with E-state index in [0.29, 0.717) is 34.8 Å². The van der Waals surface area contributed by atoms with Gasteiger partial charge >= 0.3 is 0 Å². The smallest absolute Gasteiger partial charge is 0.258 e. The first kappa shape index (κ1) is 20.0. The van der Waals surface area contributed by atoms with Gasteiger partial charge in [0, 0.05) is 5.02 Å². The van der Waals surface area contributed by atoms with Gasteiger partial charge in [0.05, 0.1) is 30.0 Å². The molecule has 0 aliphatic carbocycles. The molecule has 0 spiro atoms. The fourth-order valence-electron chi connectivity index (χ4n) is 3.04. The number of rotatable bonds is 7. The van der Waals surface area contributed by atoms with E-state index in [0.717, 1.165) is 5.56 Å². The van der Waals surface area contributed by atoms with E-state index >= 15 is 0 Å². The Balaban J connectivity index is 1.68. The minimum atomic E-state index is -0.213. The van der Waals surface area contributed by atoms with E-state index in [2.05, 4.69) is 15.3 Å². The number of aromatic nitrogens is 2. The molecule has 0 fully saturated rings. The first-order valence-electron chi connectivity index (χ1n) is 9.21. The molecule has 1 atom stereocenters. The number of hydrogen-bond donors (Lipinski definition) is 2. The Morgan fingerprint density at radius 3 is 2.71 bits per heavy atom. The number of benzene rings is 2. The topological polar surface area (TPSA) is 78.1 Å². The number of nitrogens with one attached hydrogen (secondary N) is 2. The van der Waals surface area contributed by atoms with E-state index in [1.165, 1.54) is 0 Å². The van der Waals surface area contributed by atoms with E-state index in [1.807, 2.05) is 49.1 Å².